The van der Waals surface area contributed by atoms with E-state index in [0.29, 0.717) is 19.1 Å². The Kier molecular flexibility index (Phi) is 3.59. The molecule has 2 rings (SSSR count). The Hall–Kier alpha value is -0.610. The van der Waals surface area contributed by atoms with Gasteiger partial charge in [-0.2, -0.15) is 0 Å². The molecule has 0 heterocycles. The Morgan fingerprint density at radius 1 is 1.33 bits per heavy atom. The third kappa shape index (κ3) is 3.80. The first-order chi connectivity index (χ1) is 7.29. The lowest BCUT2D eigenvalue weighted by molar-refractivity contribution is -0.122. The average molecular weight is 212 g/mol. The van der Waals surface area contributed by atoms with Gasteiger partial charge in [0.1, 0.15) is 0 Å². The third-order valence-corrected chi connectivity index (χ3v) is 3.03. The van der Waals surface area contributed by atoms with Gasteiger partial charge in [0.25, 0.3) is 0 Å². The van der Waals surface area contributed by atoms with Crippen LogP contribution in [0.1, 0.15) is 25.7 Å². The van der Waals surface area contributed by atoms with Crippen molar-refractivity contribution in [3.8, 4) is 0 Å². The van der Waals surface area contributed by atoms with Crippen LogP contribution in [0, 0.1) is 5.92 Å². The number of nitrogens with zero attached hydrogens (tertiary/aromatic N) is 1. The highest BCUT2D eigenvalue weighted by molar-refractivity contribution is 5.78. The molecule has 0 radical (unpaired) electrons. The molecule has 0 atom stereocenters. The van der Waals surface area contributed by atoms with Gasteiger partial charge in [0.05, 0.1) is 13.2 Å². The molecule has 2 aliphatic rings. The standard InChI is InChI=1S/C11H20N2O2/c14-6-5-12-11(15)8-13(10-3-4-10)7-9-1-2-9/h9-10,14H,1-8H2,(H,12,15). The molecule has 0 aliphatic heterocycles. The van der Waals surface area contributed by atoms with E-state index in [9.17, 15) is 4.79 Å². The molecular weight excluding hydrogens is 192 g/mol. The first-order valence-corrected chi connectivity index (χ1v) is 5.91. The van der Waals surface area contributed by atoms with Gasteiger partial charge in [-0.15, -0.1) is 0 Å². The van der Waals surface area contributed by atoms with E-state index in [1.54, 1.807) is 0 Å². The van der Waals surface area contributed by atoms with Crippen LogP contribution in [0.25, 0.3) is 0 Å². The van der Waals surface area contributed by atoms with E-state index in [1.807, 2.05) is 0 Å². The fraction of sp³-hybridized carbons (Fsp3) is 0.909. The highest BCUT2D eigenvalue weighted by Gasteiger charge is 2.34. The molecule has 0 aromatic rings. The van der Waals surface area contributed by atoms with Crippen LogP contribution < -0.4 is 5.32 Å². The average Bonchev–Trinajstić information content (AvgIpc) is 3.02. The summed E-state index contributed by atoms with van der Waals surface area (Å²) in [6, 6.07) is 0.658. The predicted molar refractivity (Wildman–Crippen MR) is 57.4 cm³/mol. The molecule has 1 amide bonds. The van der Waals surface area contributed by atoms with Crippen LogP contribution in [0.3, 0.4) is 0 Å². The molecule has 0 spiro atoms. The zero-order valence-electron chi connectivity index (χ0n) is 9.11. The molecule has 0 aromatic carbocycles. The van der Waals surface area contributed by atoms with E-state index in [2.05, 4.69) is 10.2 Å². The summed E-state index contributed by atoms with van der Waals surface area (Å²) in [5, 5.41) is 11.3. The Bertz CT molecular complexity index is 225. The fourth-order valence-electron chi connectivity index (χ4n) is 1.85. The summed E-state index contributed by atoms with van der Waals surface area (Å²) in [4.78, 5) is 13.8. The Morgan fingerprint density at radius 2 is 2.07 bits per heavy atom. The minimum atomic E-state index is 0.0256. The number of amides is 1. The molecule has 0 unspecified atom stereocenters. The smallest absolute Gasteiger partial charge is 0.234 e. The Labute approximate surface area is 90.6 Å². The molecule has 2 fully saturated rings. The summed E-state index contributed by atoms with van der Waals surface area (Å²) in [6.45, 7) is 2.01. The maximum Gasteiger partial charge on any atom is 0.234 e. The SMILES string of the molecule is O=C(CN(CC1CC1)C1CC1)NCCO. The largest absolute Gasteiger partial charge is 0.395 e. The number of aliphatic hydroxyl groups excluding tert-OH is 1. The van der Waals surface area contributed by atoms with Gasteiger partial charge in [0, 0.05) is 19.1 Å². The van der Waals surface area contributed by atoms with E-state index >= 15 is 0 Å². The molecule has 4 heteroatoms. The molecule has 0 aromatic heterocycles. The number of aliphatic hydroxyl groups is 1. The van der Waals surface area contributed by atoms with Crippen LogP contribution >= 0.6 is 0 Å². The zero-order chi connectivity index (χ0) is 10.7. The van der Waals surface area contributed by atoms with Gasteiger partial charge < -0.3 is 10.4 Å². The van der Waals surface area contributed by atoms with Crippen molar-refractivity contribution in [3.63, 3.8) is 0 Å². The van der Waals surface area contributed by atoms with Crippen LogP contribution in [0.5, 0.6) is 0 Å². The highest BCUT2D eigenvalue weighted by Crippen LogP contribution is 2.34. The second kappa shape index (κ2) is 4.94. The maximum absolute atomic E-state index is 11.5. The van der Waals surface area contributed by atoms with E-state index < -0.39 is 0 Å². The lowest BCUT2D eigenvalue weighted by Crippen LogP contribution is -2.40. The second-order valence-corrected chi connectivity index (χ2v) is 4.68. The van der Waals surface area contributed by atoms with Gasteiger partial charge in [0.15, 0.2) is 0 Å². The summed E-state index contributed by atoms with van der Waals surface area (Å²) >= 11 is 0. The van der Waals surface area contributed by atoms with Gasteiger partial charge in [-0.25, -0.2) is 0 Å². The molecule has 2 saturated carbocycles. The second-order valence-electron chi connectivity index (χ2n) is 4.68. The van der Waals surface area contributed by atoms with Crippen molar-refractivity contribution in [1.29, 1.82) is 0 Å². The number of carbonyl (C=O) groups excluding carboxylic acids is 1. The summed E-state index contributed by atoms with van der Waals surface area (Å²) in [5.74, 6) is 0.896. The minimum absolute atomic E-state index is 0.0256. The Morgan fingerprint density at radius 3 is 2.60 bits per heavy atom. The van der Waals surface area contributed by atoms with Crippen molar-refractivity contribution in [2.45, 2.75) is 31.7 Å². The van der Waals surface area contributed by atoms with E-state index in [-0.39, 0.29) is 12.5 Å². The van der Waals surface area contributed by atoms with Gasteiger partial charge in [-0.3, -0.25) is 9.69 Å². The Balaban J connectivity index is 1.69. The van der Waals surface area contributed by atoms with Crippen LogP contribution in [-0.2, 0) is 4.79 Å². The molecular formula is C11H20N2O2. The zero-order valence-corrected chi connectivity index (χ0v) is 9.11. The first kappa shape index (κ1) is 10.9. The molecule has 2 aliphatic carbocycles. The van der Waals surface area contributed by atoms with Crippen molar-refractivity contribution in [2.75, 3.05) is 26.2 Å². The van der Waals surface area contributed by atoms with Crippen molar-refractivity contribution in [2.24, 2.45) is 5.92 Å². The quantitative estimate of drug-likeness (QED) is 0.623. The molecule has 15 heavy (non-hydrogen) atoms. The number of hydrogen-bond donors (Lipinski definition) is 2. The normalized spacial score (nSPS) is 20.7. The van der Waals surface area contributed by atoms with Gasteiger partial charge in [-0.05, 0) is 31.6 Å². The summed E-state index contributed by atoms with van der Waals surface area (Å²) < 4.78 is 0. The lowest BCUT2D eigenvalue weighted by atomic mass is 10.3. The number of carbonyl (C=O) groups is 1. The van der Waals surface area contributed by atoms with Crippen LogP contribution in [0.4, 0.5) is 0 Å². The molecule has 86 valence electrons. The first-order valence-electron chi connectivity index (χ1n) is 5.91. The van der Waals surface area contributed by atoms with Crippen LogP contribution in [0.15, 0.2) is 0 Å². The van der Waals surface area contributed by atoms with Crippen molar-refractivity contribution in [1.82, 2.24) is 10.2 Å². The number of rotatable bonds is 7. The fourth-order valence-corrected chi connectivity index (χ4v) is 1.85. The number of nitrogens with one attached hydrogen (secondary N) is 1. The molecule has 0 bridgehead atoms. The van der Waals surface area contributed by atoms with Crippen molar-refractivity contribution in [3.05, 3.63) is 0 Å². The lowest BCUT2D eigenvalue weighted by Gasteiger charge is -2.20. The minimum Gasteiger partial charge on any atom is -0.395 e. The monoisotopic (exact) mass is 212 g/mol. The topological polar surface area (TPSA) is 52.6 Å². The van der Waals surface area contributed by atoms with Gasteiger partial charge >= 0.3 is 0 Å². The van der Waals surface area contributed by atoms with Crippen molar-refractivity contribution < 1.29 is 9.90 Å². The van der Waals surface area contributed by atoms with Gasteiger partial charge in [0.2, 0.25) is 5.91 Å². The van der Waals surface area contributed by atoms with E-state index in [4.69, 9.17) is 5.11 Å². The van der Waals surface area contributed by atoms with Crippen LogP contribution in [-0.4, -0.2) is 48.2 Å². The van der Waals surface area contributed by atoms with Crippen LogP contribution in [0.2, 0.25) is 0 Å². The maximum atomic E-state index is 11.5. The van der Waals surface area contributed by atoms with E-state index in [1.165, 1.54) is 25.7 Å². The third-order valence-electron chi connectivity index (χ3n) is 3.03. The molecule has 0 saturated heterocycles. The number of hydrogen-bond acceptors (Lipinski definition) is 3. The van der Waals surface area contributed by atoms with Gasteiger partial charge in [-0.1, -0.05) is 0 Å². The highest BCUT2D eigenvalue weighted by atomic mass is 16.3. The van der Waals surface area contributed by atoms with E-state index in [0.717, 1.165) is 12.5 Å². The molecule has 2 N–H and O–H groups in total. The summed E-state index contributed by atoms with van der Waals surface area (Å²) in [5.41, 5.74) is 0. The predicted octanol–water partition coefficient (Wildman–Crippen LogP) is -0.0307. The van der Waals surface area contributed by atoms with Crippen molar-refractivity contribution >= 4 is 5.91 Å². The summed E-state index contributed by atoms with van der Waals surface area (Å²) in [7, 11) is 0. The molecule has 4 nitrogen and oxygen atoms in total. The summed E-state index contributed by atoms with van der Waals surface area (Å²) in [6.07, 6.45) is 5.17.